The summed E-state index contributed by atoms with van der Waals surface area (Å²) in [5, 5.41) is 11.2. The number of hydrogen-bond acceptors (Lipinski definition) is 3. The van der Waals surface area contributed by atoms with Crippen molar-refractivity contribution in [2.45, 2.75) is 36.6 Å². The van der Waals surface area contributed by atoms with E-state index in [4.69, 9.17) is 10.9 Å². The molecule has 0 saturated carbocycles. The molecule has 1 rings (SSSR count). The van der Waals surface area contributed by atoms with Gasteiger partial charge in [0.15, 0.2) is 5.84 Å². The molecule has 0 saturated heterocycles. The zero-order valence-electron chi connectivity index (χ0n) is 10.7. The van der Waals surface area contributed by atoms with Gasteiger partial charge in [-0.25, -0.2) is 0 Å². The second-order valence-electron chi connectivity index (χ2n) is 4.90. The van der Waals surface area contributed by atoms with E-state index in [1.165, 1.54) is 23.9 Å². The van der Waals surface area contributed by atoms with Crippen LogP contribution in [0.3, 0.4) is 0 Å². The summed E-state index contributed by atoms with van der Waals surface area (Å²) in [5.74, 6) is -0.552. The molecule has 7 heteroatoms. The number of amidine groups is 1. The summed E-state index contributed by atoms with van der Waals surface area (Å²) >= 11 is 1.40. The van der Waals surface area contributed by atoms with E-state index in [1.54, 1.807) is 0 Å². The fraction of sp³-hybridized carbons (Fsp3) is 0.417. The van der Waals surface area contributed by atoms with Crippen molar-refractivity contribution in [2.24, 2.45) is 10.9 Å². The molecule has 0 radical (unpaired) electrons. The van der Waals surface area contributed by atoms with Crippen LogP contribution < -0.4 is 5.73 Å². The molecule has 0 aliphatic carbocycles. The Kier molecular flexibility index (Phi) is 4.39. The summed E-state index contributed by atoms with van der Waals surface area (Å²) in [7, 11) is 0. The van der Waals surface area contributed by atoms with Gasteiger partial charge in [0.05, 0.1) is 5.56 Å². The molecule has 1 aromatic rings. The lowest BCUT2D eigenvalue weighted by molar-refractivity contribution is -0.137. The largest absolute Gasteiger partial charge is 0.417 e. The van der Waals surface area contributed by atoms with Gasteiger partial charge < -0.3 is 10.9 Å². The molecule has 3 nitrogen and oxygen atoms in total. The molecule has 1 aromatic carbocycles. The van der Waals surface area contributed by atoms with E-state index in [2.05, 4.69) is 5.16 Å². The van der Waals surface area contributed by atoms with Crippen molar-refractivity contribution in [3.05, 3.63) is 29.3 Å². The molecular weight excluding hydrogens is 277 g/mol. The first-order valence-electron chi connectivity index (χ1n) is 5.43. The average Bonchev–Trinajstić information content (AvgIpc) is 2.24. The third kappa shape index (κ3) is 4.34. The van der Waals surface area contributed by atoms with Gasteiger partial charge >= 0.3 is 6.18 Å². The molecule has 0 heterocycles. The van der Waals surface area contributed by atoms with Crippen LogP contribution in [-0.4, -0.2) is 15.8 Å². The lowest BCUT2D eigenvalue weighted by Crippen LogP contribution is -2.20. The third-order valence-corrected chi connectivity index (χ3v) is 3.21. The summed E-state index contributed by atoms with van der Waals surface area (Å²) in [5.41, 5.74) is 4.08. The van der Waals surface area contributed by atoms with Gasteiger partial charge in [-0.3, -0.25) is 0 Å². The maximum Gasteiger partial charge on any atom is 0.417 e. The fourth-order valence-electron chi connectivity index (χ4n) is 1.45. The van der Waals surface area contributed by atoms with Crippen LogP contribution in [0.2, 0.25) is 0 Å². The van der Waals surface area contributed by atoms with Crippen LogP contribution in [0.25, 0.3) is 0 Å². The highest BCUT2D eigenvalue weighted by Crippen LogP contribution is 2.37. The molecule has 0 aliphatic heterocycles. The Bertz CT molecular complexity index is 493. The van der Waals surface area contributed by atoms with Crippen molar-refractivity contribution >= 4 is 17.6 Å². The first-order chi connectivity index (χ1) is 8.54. The molecule has 0 atom stereocenters. The molecule has 106 valence electrons. The fourth-order valence-corrected chi connectivity index (χ4v) is 2.47. The minimum absolute atomic E-state index is 0.151. The van der Waals surface area contributed by atoms with E-state index in [0.29, 0.717) is 4.90 Å². The van der Waals surface area contributed by atoms with Gasteiger partial charge in [0.25, 0.3) is 0 Å². The molecule has 0 spiro atoms. The summed E-state index contributed by atoms with van der Waals surface area (Å²) in [6.07, 6.45) is -4.55. The molecule has 3 N–H and O–H groups in total. The Morgan fingerprint density at radius 1 is 1.26 bits per heavy atom. The predicted molar refractivity (Wildman–Crippen MR) is 69.6 cm³/mol. The SMILES string of the molecule is CC(C)(C)Sc1ccc(C(F)(F)F)c(/C(N)=N/O)c1. The van der Waals surface area contributed by atoms with Crippen LogP contribution in [-0.2, 0) is 6.18 Å². The van der Waals surface area contributed by atoms with Gasteiger partial charge in [0, 0.05) is 15.2 Å². The van der Waals surface area contributed by atoms with Crippen LogP contribution in [0.15, 0.2) is 28.3 Å². The first-order valence-corrected chi connectivity index (χ1v) is 6.24. The number of benzene rings is 1. The number of alkyl halides is 3. The Labute approximate surface area is 113 Å². The summed E-state index contributed by atoms with van der Waals surface area (Å²) < 4.78 is 38.3. The normalized spacial score (nSPS) is 13.7. The van der Waals surface area contributed by atoms with Gasteiger partial charge in [0.1, 0.15) is 0 Å². The molecule has 0 amide bonds. The molecule has 0 unspecified atom stereocenters. The lowest BCUT2D eigenvalue weighted by Gasteiger charge is -2.19. The zero-order valence-corrected chi connectivity index (χ0v) is 11.6. The van der Waals surface area contributed by atoms with E-state index < -0.39 is 17.6 Å². The van der Waals surface area contributed by atoms with Crippen LogP contribution in [0, 0.1) is 0 Å². The molecule has 0 aliphatic rings. The number of nitrogens with two attached hydrogens (primary N) is 1. The summed E-state index contributed by atoms with van der Waals surface area (Å²) in [4.78, 5) is 0.627. The van der Waals surface area contributed by atoms with E-state index in [9.17, 15) is 13.2 Å². The summed E-state index contributed by atoms with van der Waals surface area (Å²) in [6.45, 7) is 5.83. The van der Waals surface area contributed by atoms with Crippen molar-refractivity contribution < 1.29 is 18.4 Å². The minimum Gasteiger partial charge on any atom is -0.409 e. The minimum atomic E-state index is -4.55. The molecule has 0 aromatic heterocycles. The quantitative estimate of drug-likeness (QED) is 0.287. The Hall–Kier alpha value is -1.37. The van der Waals surface area contributed by atoms with Crippen molar-refractivity contribution in [1.82, 2.24) is 0 Å². The van der Waals surface area contributed by atoms with Crippen molar-refractivity contribution in [3.8, 4) is 0 Å². The van der Waals surface area contributed by atoms with Gasteiger partial charge in [-0.1, -0.05) is 25.9 Å². The Balaban J connectivity index is 3.32. The Morgan fingerprint density at radius 3 is 2.26 bits per heavy atom. The number of halogens is 3. The monoisotopic (exact) mass is 292 g/mol. The van der Waals surface area contributed by atoms with E-state index in [0.717, 1.165) is 6.07 Å². The van der Waals surface area contributed by atoms with E-state index in [1.807, 2.05) is 20.8 Å². The molecule has 19 heavy (non-hydrogen) atoms. The zero-order chi connectivity index (χ0) is 14.8. The lowest BCUT2D eigenvalue weighted by atomic mass is 10.1. The molecule has 0 fully saturated rings. The van der Waals surface area contributed by atoms with Crippen LogP contribution in [0.1, 0.15) is 31.9 Å². The van der Waals surface area contributed by atoms with Crippen LogP contribution in [0.5, 0.6) is 0 Å². The number of nitrogens with zero attached hydrogens (tertiary/aromatic N) is 1. The van der Waals surface area contributed by atoms with Crippen molar-refractivity contribution in [3.63, 3.8) is 0 Å². The maximum absolute atomic E-state index is 12.8. The second-order valence-corrected chi connectivity index (χ2v) is 6.81. The first kappa shape index (κ1) is 15.7. The predicted octanol–water partition coefficient (Wildman–Crippen LogP) is 3.69. The third-order valence-electron chi connectivity index (χ3n) is 2.10. The van der Waals surface area contributed by atoms with Gasteiger partial charge in [-0.2, -0.15) is 13.2 Å². The molecule has 0 bridgehead atoms. The van der Waals surface area contributed by atoms with Gasteiger partial charge in [-0.05, 0) is 18.2 Å². The number of hydrogen-bond donors (Lipinski definition) is 2. The van der Waals surface area contributed by atoms with Crippen molar-refractivity contribution in [1.29, 1.82) is 0 Å². The smallest absolute Gasteiger partial charge is 0.409 e. The van der Waals surface area contributed by atoms with Crippen LogP contribution >= 0.6 is 11.8 Å². The highest BCUT2D eigenvalue weighted by molar-refractivity contribution is 8.00. The van der Waals surface area contributed by atoms with E-state index in [-0.39, 0.29) is 10.3 Å². The molecular formula is C12H15F3N2OS. The number of oxime groups is 1. The Morgan fingerprint density at radius 2 is 1.84 bits per heavy atom. The average molecular weight is 292 g/mol. The highest BCUT2D eigenvalue weighted by Gasteiger charge is 2.34. The van der Waals surface area contributed by atoms with Gasteiger partial charge in [0.2, 0.25) is 0 Å². The van der Waals surface area contributed by atoms with Crippen molar-refractivity contribution in [2.75, 3.05) is 0 Å². The number of rotatable bonds is 2. The van der Waals surface area contributed by atoms with Gasteiger partial charge in [-0.15, -0.1) is 11.8 Å². The maximum atomic E-state index is 12.8. The second kappa shape index (κ2) is 5.32. The summed E-state index contributed by atoms with van der Waals surface area (Å²) in [6, 6.07) is 3.61. The number of thioether (sulfide) groups is 1. The van der Waals surface area contributed by atoms with Crippen LogP contribution in [0.4, 0.5) is 13.2 Å². The standard InChI is InChI=1S/C12H15F3N2OS/c1-11(2,3)19-7-4-5-9(12(13,14)15)8(6-7)10(16)17-18/h4-6,18H,1-3H3,(H2,16,17). The van der Waals surface area contributed by atoms with E-state index >= 15 is 0 Å². The topological polar surface area (TPSA) is 58.6 Å². The highest BCUT2D eigenvalue weighted by atomic mass is 32.2.